The lowest BCUT2D eigenvalue weighted by molar-refractivity contribution is 0.400. The minimum Gasteiger partial charge on any atom is -0.197 e. The highest BCUT2D eigenvalue weighted by Crippen LogP contribution is 2.35. The molecule has 0 heterocycles. The van der Waals surface area contributed by atoms with E-state index >= 15 is 0 Å². The molecule has 2 unspecified atom stereocenters. The predicted molar refractivity (Wildman–Crippen MR) is 140 cm³/mol. The first-order valence-corrected chi connectivity index (χ1v) is 13.0. The van der Waals surface area contributed by atoms with E-state index in [4.69, 9.17) is 0 Å². The van der Waals surface area contributed by atoms with Gasteiger partial charge in [0.2, 0.25) is 0 Å². The third-order valence-electron chi connectivity index (χ3n) is 6.78. The number of azo groups is 1. The number of hydrogen-bond donors (Lipinski definition) is 0. The molecule has 33 heavy (non-hydrogen) atoms. The molecule has 2 atom stereocenters. The average molecular weight is 446 g/mol. The van der Waals surface area contributed by atoms with Gasteiger partial charge in [-0.1, -0.05) is 113 Å². The van der Waals surface area contributed by atoms with Gasteiger partial charge in [0.15, 0.2) is 0 Å². The van der Waals surface area contributed by atoms with Crippen molar-refractivity contribution in [3.05, 3.63) is 71.8 Å². The number of benzene rings is 2. The average Bonchev–Trinajstić information content (AvgIpc) is 2.87. The number of hydrogen-bond acceptors (Lipinski definition) is 3. The van der Waals surface area contributed by atoms with Gasteiger partial charge < -0.3 is 0 Å². The molecule has 0 bridgehead atoms. The van der Waals surface area contributed by atoms with Gasteiger partial charge in [0.25, 0.3) is 0 Å². The summed E-state index contributed by atoms with van der Waals surface area (Å²) in [4.78, 5) is 0. The van der Waals surface area contributed by atoms with E-state index in [-0.39, 0.29) is 6.04 Å². The first-order chi connectivity index (χ1) is 16.2. The van der Waals surface area contributed by atoms with Crippen LogP contribution in [0.3, 0.4) is 0 Å². The molecule has 0 radical (unpaired) electrons. The number of nitrogens with zero attached hydrogens (tertiary/aromatic N) is 3. The normalized spacial score (nSPS) is 14.1. The molecule has 2 aromatic rings. The van der Waals surface area contributed by atoms with Gasteiger partial charge in [-0.3, -0.25) is 0 Å². The Morgan fingerprint density at radius 1 is 0.788 bits per heavy atom. The van der Waals surface area contributed by atoms with Crippen molar-refractivity contribution in [3.63, 3.8) is 0 Å². The Hall–Kier alpha value is -2.47. The van der Waals surface area contributed by atoms with Crippen molar-refractivity contribution < 1.29 is 0 Å². The Kier molecular flexibility index (Phi) is 13.1. The summed E-state index contributed by atoms with van der Waals surface area (Å²) in [6.07, 6.45) is 14.8. The molecule has 178 valence electrons. The lowest BCUT2D eigenvalue weighted by Crippen LogP contribution is -2.25. The Morgan fingerprint density at radius 3 is 2.03 bits per heavy atom. The third-order valence-corrected chi connectivity index (χ3v) is 6.78. The van der Waals surface area contributed by atoms with Gasteiger partial charge in [0, 0.05) is 7.05 Å². The number of unbranched alkanes of at least 4 members (excludes halogenated alkanes) is 6. The van der Waals surface area contributed by atoms with Crippen LogP contribution >= 0.6 is 0 Å². The topological polar surface area (TPSA) is 48.5 Å². The maximum atomic E-state index is 10.3. The van der Waals surface area contributed by atoms with Crippen LogP contribution in [0.5, 0.6) is 0 Å². The standard InChI is InChI=1S/C30H43N3/c1-3-4-5-6-7-8-15-24-30(26-31,28-19-13-10-14-20-28)25-16-21-29(33-32-2)23-22-27-17-11-9-12-18-27/h9-14,17-20,29H,3-8,15-16,21-25H2,1-2H3. The van der Waals surface area contributed by atoms with E-state index in [1.807, 2.05) is 6.07 Å². The predicted octanol–water partition coefficient (Wildman–Crippen LogP) is 8.84. The molecule has 0 amide bonds. The second kappa shape index (κ2) is 16.2. The largest absolute Gasteiger partial charge is 0.197 e. The molecule has 0 aromatic heterocycles. The number of rotatable bonds is 17. The molecule has 0 saturated carbocycles. The van der Waals surface area contributed by atoms with E-state index in [0.29, 0.717) is 0 Å². The fourth-order valence-electron chi connectivity index (χ4n) is 4.77. The van der Waals surface area contributed by atoms with E-state index in [1.54, 1.807) is 7.05 Å². The zero-order valence-electron chi connectivity index (χ0n) is 20.9. The summed E-state index contributed by atoms with van der Waals surface area (Å²) in [5.41, 5.74) is 2.14. The van der Waals surface area contributed by atoms with Crippen LogP contribution in [0.1, 0.15) is 95.1 Å². The molecule has 3 heteroatoms. The van der Waals surface area contributed by atoms with Crippen LogP contribution in [0.4, 0.5) is 0 Å². The molecule has 0 aliphatic heterocycles. The van der Waals surface area contributed by atoms with Gasteiger partial charge in [-0.25, -0.2) is 0 Å². The minimum atomic E-state index is -0.391. The summed E-state index contributed by atoms with van der Waals surface area (Å²) in [5.74, 6) is 0. The lowest BCUT2D eigenvalue weighted by Gasteiger charge is -2.28. The van der Waals surface area contributed by atoms with Gasteiger partial charge in [-0.05, 0) is 49.7 Å². The molecule has 0 fully saturated rings. The summed E-state index contributed by atoms with van der Waals surface area (Å²) >= 11 is 0. The van der Waals surface area contributed by atoms with Gasteiger partial charge in [0.1, 0.15) is 0 Å². The zero-order valence-corrected chi connectivity index (χ0v) is 20.9. The van der Waals surface area contributed by atoms with Crippen LogP contribution in [0, 0.1) is 11.3 Å². The van der Waals surface area contributed by atoms with Crippen molar-refractivity contribution in [2.45, 2.75) is 102 Å². The molecule has 2 rings (SSSR count). The summed E-state index contributed by atoms with van der Waals surface area (Å²) in [7, 11) is 1.76. The monoisotopic (exact) mass is 445 g/mol. The molecule has 0 aliphatic rings. The zero-order chi connectivity index (χ0) is 23.6. The van der Waals surface area contributed by atoms with Crippen molar-refractivity contribution in [1.82, 2.24) is 0 Å². The molecular formula is C30H43N3. The fourth-order valence-corrected chi connectivity index (χ4v) is 4.77. The highest BCUT2D eigenvalue weighted by molar-refractivity contribution is 5.32. The SMILES string of the molecule is CCCCCCCCCC(C#N)(CCCC(CCc1ccccc1)N=NC)c1ccccc1. The molecule has 0 saturated heterocycles. The van der Waals surface area contributed by atoms with Crippen molar-refractivity contribution >= 4 is 0 Å². The van der Waals surface area contributed by atoms with E-state index in [1.165, 1.54) is 49.7 Å². The Labute approximate surface area is 202 Å². The fraction of sp³-hybridized carbons (Fsp3) is 0.567. The molecule has 0 aliphatic carbocycles. The summed E-state index contributed by atoms with van der Waals surface area (Å²) < 4.78 is 0. The highest BCUT2D eigenvalue weighted by Gasteiger charge is 2.31. The van der Waals surface area contributed by atoms with Crippen LogP contribution in [0.15, 0.2) is 70.9 Å². The molecular weight excluding hydrogens is 402 g/mol. The van der Waals surface area contributed by atoms with Crippen molar-refractivity contribution in [2.24, 2.45) is 10.2 Å². The quantitative estimate of drug-likeness (QED) is 0.177. The first-order valence-electron chi connectivity index (χ1n) is 13.0. The molecule has 3 nitrogen and oxygen atoms in total. The van der Waals surface area contributed by atoms with Crippen LogP contribution in [0.2, 0.25) is 0 Å². The Bertz CT molecular complexity index is 809. The highest BCUT2D eigenvalue weighted by atomic mass is 15.1. The lowest BCUT2D eigenvalue weighted by atomic mass is 9.73. The summed E-state index contributed by atoms with van der Waals surface area (Å²) in [6.45, 7) is 2.26. The van der Waals surface area contributed by atoms with Gasteiger partial charge in [-0.15, -0.1) is 0 Å². The van der Waals surface area contributed by atoms with Crippen molar-refractivity contribution in [3.8, 4) is 6.07 Å². The van der Waals surface area contributed by atoms with E-state index in [2.05, 4.69) is 77.8 Å². The number of nitriles is 1. The van der Waals surface area contributed by atoms with Gasteiger partial charge >= 0.3 is 0 Å². The molecule has 2 aromatic carbocycles. The second-order valence-electron chi connectivity index (χ2n) is 9.32. The van der Waals surface area contributed by atoms with E-state index in [9.17, 15) is 5.26 Å². The summed E-state index contributed by atoms with van der Waals surface area (Å²) in [6, 6.07) is 24.0. The van der Waals surface area contributed by atoms with Crippen LogP contribution in [-0.4, -0.2) is 13.1 Å². The summed E-state index contributed by atoms with van der Waals surface area (Å²) in [5, 5.41) is 18.9. The molecule has 0 N–H and O–H groups in total. The first kappa shape index (κ1) is 26.8. The maximum absolute atomic E-state index is 10.3. The Morgan fingerprint density at radius 2 is 1.39 bits per heavy atom. The Balaban J connectivity index is 1.93. The van der Waals surface area contributed by atoms with Gasteiger partial charge in [0.05, 0.1) is 17.5 Å². The van der Waals surface area contributed by atoms with Crippen LogP contribution < -0.4 is 0 Å². The van der Waals surface area contributed by atoms with Crippen molar-refractivity contribution in [2.75, 3.05) is 7.05 Å². The molecule has 0 spiro atoms. The second-order valence-corrected chi connectivity index (χ2v) is 9.32. The van der Waals surface area contributed by atoms with Gasteiger partial charge in [-0.2, -0.15) is 15.5 Å². The number of aryl methyl sites for hydroxylation is 1. The smallest absolute Gasteiger partial charge is 0.0822 e. The van der Waals surface area contributed by atoms with Crippen molar-refractivity contribution in [1.29, 1.82) is 5.26 Å². The minimum absolute atomic E-state index is 0.223. The van der Waals surface area contributed by atoms with Crippen LogP contribution in [-0.2, 0) is 11.8 Å². The van der Waals surface area contributed by atoms with E-state index < -0.39 is 5.41 Å². The maximum Gasteiger partial charge on any atom is 0.0822 e. The third kappa shape index (κ3) is 9.91. The van der Waals surface area contributed by atoms with Crippen LogP contribution in [0.25, 0.3) is 0 Å². The van der Waals surface area contributed by atoms with E-state index in [0.717, 1.165) is 44.9 Å².